The van der Waals surface area contributed by atoms with Crippen LogP contribution in [0.4, 0.5) is 52.7 Å². The lowest BCUT2D eigenvalue weighted by atomic mass is 10.0. The Kier molecular flexibility index (Phi) is 15.0. The number of hydrogen-bond acceptors (Lipinski definition) is 6. The van der Waals surface area contributed by atoms with Gasteiger partial charge in [0, 0.05) is 33.8 Å². The molecule has 4 aromatic rings. The van der Waals surface area contributed by atoms with Gasteiger partial charge in [-0.25, -0.2) is 17.6 Å². The number of nitriles is 1. The highest BCUT2D eigenvalue weighted by atomic mass is 79.9. The van der Waals surface area contributed by atoms with Crippen molar-refractivity contribution in [2.24, 2.45) is 0 Å². The van der Waals surface area contributed by atoms with Crippen molar-refractivity contribution in [1.82, 2.24) is 0 Å². The van der Waals surface area contributed by atoms with Crippen LogP contribution in [-0.2, 0) is 0 Å². The minimum Gasteiger partial charge on any atom is -0.494 e. The molecule has 0 aliphatic rings. The normalized spacial score (nSPS) is 11.1. The van der Waals surface area contributed by atoms with Crippen LogP contribution < -0.4 is 18.9 Å². The summed E-state index contributed by atoms with van der Waals surface area (Å²) in [5.41, 5.74) is -0.188. The first kappa shape index (κ1) is 42.0. The van der Waals surface area contributed by atoms with E-state index < -0.39 is 71.2 Å². The predicted molar refractivity (Wildman–Crippen MR) is 158 cm³/mol. The fraction of sp³-hybridized carbons (Fsp3) is 0.188. The Bertz CT molecular complexity index is 1830. The molecular weight excluding hydrogens is 786 g/mol. The molecular formula is C32H20BrF12NO5. The molecule has 0 atom stereocenters. The Morgan fingerprint density at radius 3 is 1.61 bits per heavy atom. The van der Waals surface area contributed by atoms with Gasteiger partial charge in [0.25, 0.3) is 0 Å². The van der Waals surface area contributed by atoms with E-state index in [0.717, 1.165) is 37.4 Å². The molecule has 6 nitrogen and oxygen atoms in total. The summed E-state index contributed by atoms with van der Waals surface area (Å²) in [4.78, 5) is 12.3. The average molecular weight is 806 g/mol. The lowest BCUT2D eigenvalue weighted by molar-refractivity contribution is -0.253. The van der Waals surface area contributed by atoms with Crippen LogP contribution in [0.1, 0.15) is 21.5 Å². The Morgan fingerprint density at radius 2 is 1.14 bits per heavy atom. The Balaban J connectivity index is 0.000000293. The number of alkyl halides is 8. The summed E-state index contributed by atoms with van der Waals surface area (Å²) in [5.74, 6) is -5.89. The molecule has 0 heterocycles. The van der Waals surface area contributed by atoms with Crippen molar-refractivity contribution in [2.75, 3.05) is 14.2 Å². The molecule has 0 bridgehead atoms. The third-order valence-electron chi connectivity index (χ3n) is 5.68. The second kappa shape index (κ2) is 18.2. The van der Waals surface area contributed by atoms with Gasteiger partial charge in [0.1, 0.15) is 23.1 Å². The minimum absolute atomic E-state index is 0.101. The van der Waals surface area contributed by atoms with Crippen molar-refractivity contribution in [1.29, 1.82) is 5.26 Å². The van der Waals surface area contributed by atoms with Gasteiger partial charge in [-0.1, -0.05) is 15.9 Å². The van der Waals surface area contributed by atoms with Gasteiger partial charge in [-0.3, -0.25) is 4.79 Å². The molecule has 274 valence electrons. The van der Waals surface area contributed by atoms with Crippen LogP contribution in [-0.4, -0.2) is 45.1 Å². The van der Waals surface area contributed by atoms with Crippen LogP contribution >= 0.6 is 15.9 Å². The maximum Gasteiger partial charge on any atom is 0.461 e. The summed E-state index contributed by atoms with van der Waals surface area (Å²) >= 11 is 2.81. The summed E-state index contributed by atoms with van der Waals surface area (Å²) in [6, 6.07) is 13.2. The van der Waals surface area contributed by atoms with Gasteiger partial charge >= 0.3 is 25.1 Å². The number of ketones is 1. The first-order chi connectivity index (χ1) is 23.7. The summed E-state index contributed by atoms with van der Waals surface area (Å²) in [5, 5.41) is 8.42. The molecule has 0 amide bonds. The highest BCUT2D eigenvalue weighted by Gasteiger charge is 2.45. The summed E-state index contributed by atoms with van der Waals surface area (Å²) in [6.07, 6.45) is -17.6. The molecule has 0 aromatic heterocycles. The van der Waals surface area contributed by atoms with Gasteiger partial charge in [0.15, 0.2) is 28.9 Å². The van der Waals surface area contributed by atoms with E-state index in [2.05, 4.69) is 30.1 Å². The second-order valence-electron chi connectivity index (χ2n) is 9.35. The standard InChI is InChI=1S/C16H10F6O3.C8H4BrF5O.C8H6FNO/c1-24-13-6-8(2-3-12(13)18)14(23)9-4-10(17)7-11(5-9)25-16(21,22)15(19)20;9-4-1-5(10)3-6(2-4)15-8(13,14)7(11)12;1-11-8-4-6(5-10)2-3-7(8)9/h2-7,15H,1H3;1-3,7H;2-4H,1H3. The monoisotopic (exact) mass is 805 g/mol. The first-order valence-electron chi connectivity index (χ1n) is 13.3. The van der Waals surface area contributed by atoms with E-state index in [-0.39, 0.29) is 21.5 Å². The third kappa shape index (κ3) is 12.6. The number of carbonyl (C=O) groups is 1. The van der Waals surface area contributed by atoms with Crippen LogP contribution in [0.25, 0.3) is 0 Å². The van der Waals surface area contributed by atoms with Crippen molar-refractivity contribution in [3.63, 3.8) is 0 Å². The van der Waals surface area contributed by atoms with Crippen LogP contribution in [0.2, 0.25) is 0 Å². The third-order valence-corrected chi connectivity index (χ3v) is 6.14. The number of ether oxygens (including phenoxy) is 4. The summed E-state index contributed by atoms with van der Waals surface area (Å²) in [7, 11) is 2.52. The number of halogens is 13. The van der Waals surface area contributed by atoms with Gasteiger partial charge in [0.2, 0.25) is 0 Å². The van der Waals surface area contributed by atoms with E-state index in [1.807, 2.05) is 6.07 Å². The van der Waals surface area contributed by atoms with E-state index >= 15 is 0 Å². The second-order valence-corrected chi connectivity index (χ2v) is 10.3. The highest BCUT2D eigenvalue weighted by molar-refractivity contribution is 9.10. The molecule has 0 aliphatic carbocycles. The molecule has 0 N–H and O–H groups in total. The Morgan fingerprint density at radius 1 is 0.667 bits per heavy atom. The zero-order valence-electron chi connectivity index (χ0n) is 25.5. The van der Waals surface area contributed by atoms with Crippen molar-refractivity contribution in [3.8, 4) is 29.1 Å². The summed E-state index contributed by atoms with van der Waals surface area (Å²) < 4.78 is 168. The van der Waals surface area contributed by atoms with Gasteiger partial charge in [-0.2, -0.15) is 40.4 Å². The van der Waals surface area contributed by atoms with E-state index in [0.29, 0.717) is 29.8 Å². The van der Waals surface area contributed by atoms with Crippen molar-refractivity contribution < 1.29 is 76.4 Å². The minimum atomic E-state index is -4.85. The van der Waals surface area contributed by atoms with Gasteiger partial charge in [0.05, 0.1) is 25.9 Å². The van der Waals surface area contributed by atoms with E-state index in [1.165, 1.54) is 25.3 Å². The number of carbonyl (C=O) groups excluding carboxylic acids is 1. The van der Waals surface area contributed by atoms with Crippen LogP contribution in [0.5, 0.6) is 23.0 Å². The topological polar surface area (TPSA) is 77.8 Å². The van der Waals surface area contributed by atoms with E-state index in [1.54, 1.807) is 0 Å². The van der Waals surface area contributed by atoms with Crippen molar-refractivity contribution >= 4 is 21.7 Å². The zero-order valence-corrected chi connectivity index (χ0v) is 27.1. The molecule has 0 radical (unpaired) electrons. The zero-order chi connectivity index (χ0) is 38.7. The largest absolute Gasteiger partial charge is 0.494 e. The number of benzene rings is 4. The molecule has 0 spiro atoms. The fourth-order valence-corrected chi connectivity index (χ4v) is 3.88. The lowest BCUT2D eigenvalue weighted by Gasteiger charge is -2.17. The maximum absolute atomic E-state index is 13.5. The Labute approximate surface area is 288 Å². The van der Waals surface area contributed by atoms with Crippen LogP contribution in [0, 0.1) is 34.6 Å². The van der Waals surface area contributed by atoms with Gasteiger partial charge in [-0.15, -0.1) is 0 Å². The van der Waals surface area contributed by atoms with Crippen LogP contribution in [0.15, 0.2) is 77.3 Å². The first-order valence-corrected chi connectivity index (χ1v) is 14.1. The summed E-state index contributed by atoms with van der Waals surface area (Å²) in [6.45, 7) is 0. The van der Waals surface area contributed by atoms with Gasteiger partial charge in [-0.05, 0) is 54.6 Å². The number of hydrogen-bond donors (Lipinski definition) is 0. The van der Waals surface area contributed by atoms with E-state index in [9.17, 15) is 57.5 Å². The molecule has 0 fully saturated rings. The predicted octanol–water partition coefficient (Wildman–Crippen LogP) is 9.97. The van der Waals surface area contributed by atoms with Crippen molar-refractivity contribution in [2.45, 2.75) is 25.1 Å². The number of nitrogens with zero attached hydrogens (tertiary/aromatic N) is 1. The molecule has 0 saturated carbocycles. The van der Waals surface area contributed by atoms with Gasteiger partial charge < -0.3 is 18.9 Å². The molecule has 0 aliphatic heterocycles. The molecule has 4 rings (SSSR count). The molecule has 0 saturated heterocycles. The number of rotatable bonds is 10. The molecule has 19 heteroatoms. The molecule has 4 aromatic carbocycles. The molecule has 0 unspecified atom stereocenters. The number of methoxy groups -OCH3 is 2. The quantitative estimate of drug-likeness (QED) is 0.117. The fourth-order valence-electron chi connectivity index (χ4n) is 3.44. The van der Waals surface area contributed by atoms with E-state index in [4.69, 9.17) is 10.00 Å². The van der Waals surface area contributed by atoms with Crippen LogP contribution in [0.3, 0.4) is 0 Å². The average Bonchev–Trinajstić information content (AvgIpc) is 3.04. The SMILES string of the molecule is COc1cc(C#N)ccc1F.COc1cc(C(=O)c2cc(F)cc(OC(F)(F)C(F)F)c2)ccc1F.Fc1cc(Br)cc(OC(F)(F)C(F)F)c1. The molecule has 51 heavy (non-hydrogen) atoms. The smallest absolute Gasteiger partial charge is 0.461 e. The lowest BCUT2D eigenvalue weighted by Crippen LogP contribution is -2.33. The van der Waals surface area contributed by atoms with Crippen molar-refractivity contribution in [3.05, 3.63) is 117 Å². The Hall–Kier alpha value is -5.12. The maximum atomic E-state index is 13.5. The highest BCUT2D eigenvalue weighted by Crippen LogP contribution is 2.31.